The third-order valence-electron chi connectivity index (χ3n) is 5.05. The summed E-state index contributed by atoms with van der Waals surface area (Å²) in [4.78, 5) is 27.0. The van der Waals surface area contributed by atoms with Crippen molar-refractivity contribution < 1.29 is 19.1 Å². The highest BCUT2D eigenvalue weighted by Crippen LogP contribution is 2.51. The number of nitrogens with zero attached hydrogens (tertiary/aromatic N) is 1. The average Bonchev–Trinajstić information content (AvgIpc) is 3.35. The van der Waals surface area contributed by atoms with Crippen LogP contribution in [0.2, 0.25) is 0 Å². The average molecular weight is 337 g/mol. The maximum Gasteiger partial charge on any atom is 0.234 e. The van der Waals surface area contributed by atoms with Gasteiger partial charge in [-0.05, 0) is 41.8 Å². The Morgan fingerprint density at radius 3 is 1.88 bits per heavy atom. The topological polar surface area (TPSA) is 55.6 Å². The van der Waals surface area contributed by atoms with Crippen LogP contribution in [0.1, 0.15) is 17.2 Å². The van der Waals surface area contributed by atoms with Gasteiger partial charge >= 0.3 is 0 Å². The van der Waals surface area contributed by atoms with Crippen LogP contribution in [-0.4, -0.2) is 36.9 Å². The van der Waals surface area contributed by atoms with Gasteiger partial charge in [0, 0.05) is 0 Å². The van der Waals surface area contributed by atoms with E-state index in [9.17, 15) is 9.59 Å². The zero-order valence-corrected chi connectivity index (χ0v) is 14.1. The summed E-state index contributed by atoms with van der Waals surface area (Å²) in [5, 5.41) is 0. The number of methoxy groups -OCH3 is 2. The van der Waals surface area contributed by atoms with Crippen LogP contribution in [-0.2, 0) is 16.0 Å². The summed E-state index contributed by atoms with van der Waals surface area (Å²) < 4.78 is 10.3. The van der Waals surface area contributed by atoms with Crippen molar-refractivity contribution in [1.82, 2.24) is 4.90 Å². The van der Waals surface area contributed by atoms with Crippen molar-refractivity contribution in [2.75, 3.05) is 14.2 Å². The molecule has 2 aliphatic rings. The number of Topliss-reactive ketones (excluding diaryl/α,β-unsaturated/α-hetero) is 1. The van der Waals surface area contributed by atoms with Gasteiger partial charge < -0.3 is 14.4 Å². The summed E-state index contributed by atoms with van der Waals surface area (Å²) in [7, 11) is 3.22. The molecule has 0 N–H and O–H groups in total. The van der Waals surface area contributed by atoms with Crippen LogP contribution in [0, 0.1) is 5.92 Å². The van der Waals surface area contributed by atoms with E-state index in [-0.39, 0.29) is 23.8 Å². The first-order valence-electron chi connectivity index (χ1n) is 8.27. The number of ketones is 1. The van der Waals surface area contributed by atoms with Gasteiger partial charge in [-0.15, -0.1) is 0 Å². The second-order valence-corrected chi connectivity index (χ2v) is 6.42. The van der Waals surface area contributed by atoms with E-state index in [1.807, 2.05) is 48.5 Å². The summed E-state index contributed by atoms with van der Waals surface area (Å²) in [6.07, 6.45) is 0.448. The Kier molecular flexibility index (Phi) is 3.71. The maximum atomic E-state index is 12.7. The van der Waals surface area contributed by atoms with Crippen LogP contribution in [0.15, 0.2) is 48.5 Å². The summed E-state index contributed by atoms with van der Waals surface area (Å²) >= 11 is 0. The molecule has 2 aromatic rings. The number of amides is 1. The number of piperidine rings is 1. The van der Waals surface area contributed by atoms with E-state index >= 15 is 0 Å². The molecular formula is C20H19NO4. The first-order valence-corrected chi connectivity index (χ1v) is 8.27. The second kappa shape index (κ2) is 5.92. The fourth-order valence-corrected chi connectivity index (χ4v) is 3.64. The molecule has 0 saturated carbocycles. The standard InChI is InChI=1S/C20H19NO4/c1-24-14-7-3-12(4-8-14)11-16-19(22)18-17(21(18)20(16)23)13-5-9-15(25-2)10-6-13/h3-10,16-18H,11H2,1-2H3. The molecule has 2 aromatic carbocycles. The van der Waals surface area contributed by atoms with E-state index in [1.54, 1.807) is 19.1 Å². The van der Waals surface area contributed by atoms with Gasteiger partial charge in [0.1, 0.15) is 23.5 Å². The van der Waals surface area contributed by atoms with Crippen molar-refractivity contribution in [3.05, 3.63) is 59.7 Å². The molecule has 0 bridgehead atoms. The lowest BCUT2D eigenvalue weighted by Gasteiger charge is -2.12. The molecule has 0 spiro atoms. The van der Waals surface area contributed by atoms with E-state index in [4.69, 9.17) is 9.47 Å². The van der Waals surface area contributed by atoms with E-state index in [0.29, 0.717) is 6.42 Å². The Labute approximate surface area is 146 Å². The number of ether oxygens (including phenoxy) is 2. The molecule has 2 aliphatic heterocycles. The molecule has 2 heterocycles. The molecule has 2 fully saturated rings. The molecule has 5 nitrogen and oxygen atoms in total. The van der Waals surface area contributed by atoms with E-state index in [2.05, 4.69) is 0 Å². The number of hydrogen-bond acceptors (Lipinski definition) is 4. The molecule has 5 heteroatoms. The Balaban J connectivity index is 1.47. The van der Waals surface area contributed by atoms with Crippen molar-refractivity contribution >= 4 is 11.7 Å². The first kappa shape index (κ1) is 15.7. The Morgan fingerprint density at radius 2 is 1.40 bits per heavy atom. The second-order valence-electron chi connectivity index (χ2n) is 6.42. The molecule has 0 aliphatic carbocycles. The SMILES string of the molecule is COc1ccc(CC2C(=O)C3C(c4ccc(OC)cc4)N3C2=O)cc1. The minimum Gasteiger partial charge on any atom is -0.497 e. The van der Waals surface area contributed by atoms with Gasteiger partial charge in [-0.3, -0.25) is 9.59 Å². The predicted molar refractivity (Wildman–Crippen MR) is 91.6 cm³/mol. The highest BCUT2D eigenvalue weighted by Gasteiger charge is 2.65. The van der Waals surface area contributed by atoms with Gasteiger partial charge in [-0.25, -0.2) is 0 Å². The molecular weight excluding hydrogens is 318 g/mol. The summed E-state index contributed by atoms with van der Waals surface area (Å²) in [6, 6.07) is 14.6. The third-order valence-corrected chi connectivity index (χ3v) is 5.05. The third kappa shape index (κ3) is 2.56. The zero-order chi connectivity index (χ0) is 17.6. The van der Waals surface area contributed by atoms with Gasteiger partial charge in [-0.1, -0.05) is 24.3 Å². The lowest BCUT2D eigenvalue weighted by Crippen LogP contribution is -2.26. The normalized spacial score (nSPS) is 24.2. The maximum absolute atomic E-state index is 12.7. The fraction of sp³-hybridized carbons (Fsp3) is 0.300. The Hall–Kier alpha value is -2.82. The number of fused-ring (bicyclic) bond motifs is 1. The van der Waals surface area contributed by atoms with Crippen LogP contribution in [0.3, 0.4) is 0 Å². The smallest absolute Gasteiger partial charge is 0.234 e. The number of hydrogen-bond donors (Lipinski definition) is 0. The number of rotatable bonds is 5. The van der Waals surface area contributed by atoms with E-state index < -0.39 is 5.92 Å². The minimum absolute atomic E-state index is 0.0293. The van der Waals surface area contributed by atoms with Crippen LogP contribution < -0.4 is 9.47 Å². The Morgan fingerprint density at radius 1 is 0.840 bits per heavy atom. The van der Waals surface area contributed by atoms with E-state index in [0.717, 1.165) is 22.6 Å². The van der Waals surface area contributed by atoms with Gasteiger partial charge in [0.2, 0.25) is 5.91 Å². The van der Waals surface area contributed by atoms with Crippen LogP contribution >= 0.6 is 0 Å². The molecule has 4 rings (SSSR count). The molecule has 3 unspecified atom stereocenters. The van der Waals surface area contributed by atoms with Gasteiger partial charge in [-0.2, -0.15) is 0 Å². The lowest BCUT2D eigenvalue weighted by atomic mass is 9.92. The summed E-state index contributed by atoms with van der Waals surface area (Å²) in [5.74, 6) is 0.930. The lowest BCUT2D eigenvalue weighted by molar-refractivity contribution is -0.132. The molecule has 2 saturated heterocycles. The van der Waals surface area contributed by atoms with E-state index in [1.165, 1.54) is 0 Å². The van der Waals surface area contributed by atoms with Crippen molar-refractivity contribution in [3.63, 3.8) is 0 Å². The highest BCUT2D eigenvalue weighted by molar-refractivity contribution is 6.15. The number of carbonyl (C=O) groups is 2. The fourth-order valence-electron chi connectivity index (χ4n) is 3.64. The predicted octanol–water partition coefficient (Wildman–Crippen LogP) is 2.40. The van der Waals surface area contributed by atoms with Gasteiger partial charge in [0.15, 0.2) is 5.78 Å². The van der Waals surface area contributed by atoms with Crippen molar-refractivity contribution in [1.29, 1.82) is 0 Å². The Bertz CT molecular complexity index is 791. The molecule has 1 amide bonds. The molecule has 0 radical (unpaired) electrons. The molecule has 0 aromatic heterocycles. The van der Waals surface area contributed by atoms with Crippen LogP contribution in [0.5, 0.6) is 11.5 Å². The first-order chi connectivity index (χ1) is 12.1. The zero-order valence-electron chi connectivity index (χ0n) is 14.1. The largest absolute Gasteiger partial charge is 0.497 e. The minimum atomic E-state index is -0.562. The van der Waals surface area contributed by atoms with Gasteiger partial charge in [0.25, 0.3) is 0 Å². The summed E-state index contributed by atoms with van der Waals surface area (Å²) in [6.45, 7) is 0. The number of benzene rings is 2. The van der Waals surface area contributed by atoms with Gasteiger partial charge in [0.05, 0.1) is 20.3 Å². The molecule has 25 heavy (non-hydrogen) atoms. The van der Waals surface area contributed by atoms with Crippen molar-refractivity contribution in [2.24, 2.45) is 5.92 Å². The van der Waals surface area contributed by atoms with Crippen LogP contribution in [0.4, 0.5) is 0 Å². The van der Waals surface area contributed by atoms with Crippen molar-refractivity contribution in [3.8, 4) is 11.5 Å². The van der Waals surface area contributed by atoms with Crippen molar-refractivity contribution in [2.45, 2.75) is 18.5 Å². The molecule has 128 valence electrons. The monoisotopic (exact) mass is 337 g/mol. The highest BCUT2D eigenvalue weighted by atomic mass is 16.5. The quantitative estimate of drug-likeness (QED) is 0.621. The number of carbonyl (C=O) groups excluding carboxylic acids is 2. The van der Waals surface area contributed by atoms with Crippen LogP contribution in [0.25, 0.3) is 0 Å². The summed E-state index contributed by atoms with van der Waals surface area (Å²) in [5.41, 5.74) is 1.95. The molecule has 3 atom stereocenters.